The summed E-state index contributed by atoms with van der Waals surface area (Å²) in [4.78, 5) is 19.9. The van der Waals surface area contributed by atoms with Crippen molar-refractivity contribution in [3.8, 4) is 45.4 Å². The molecular weight excluding hydrogens is 657 g/mol. The number of benzene rings is 9. The monoisotopic (exact) mass is 686 g/mol. The SMILES string of the molecule is c1ccc(-c2nc(-c3ccc4cc(-c5ccc6c7ccccc7c7ccccc7c6c5)ccc4c3)nc(-c3cc4c(ccc5ccccc54)cn3)n2)cc1. The van der Waals surface area contributed by atoms with Crippen molar-refractivity contribution in [1.82, 2.24) is 19.9 Å². The molecule has 2 aromatic heterocycles. The zero-order chi connectivity index (χ0) is 35.6. The minimum absolute atomic E-state index is 0.542. The molecule has 11 aromatic rings. The molecule has 4 heteroatoms. The van der Waals surface area contributed by atoms with E-state index < -0.39 is 0 Å². The predicted molar refractivity (Wildman–Crippen MR) is 224 cm³/mol. The van der Waals surface area contributed by atoms with Crippen molar-refractivity contribution in [2.24, 2.45) is 0 Å². The van der Waals surface area contributed by atoms with Crippen LogP contribution in [0.15, 0.2) is 182 Å². The maximum absolute atomic E-state index is 5.05. The second kappa shape index (κ2) is 12.1. The van der Waals surface area contributed by atoms with Crippen molar-refractivity contribution in [3.63, 3.8) is 0 Å². The van der Waals surface area contributed by atoms with Gasteiger partial charge in [-0.05, 0) is 94.6 Å². The van der Waals surface area contributed by atoms with Crippen LogP contribution in [0.1, 0.15) is 0 Å². The third kappa shape index (κ3) is 5.00. The Morgan fingerprint density at radius 1 is 0.259 bits per heavy atom. The highest BCUT2D eigenvalue weighted by Crippen LogP contribution is 2.38. The molecule has 0 fully saturated rings. The molecule has 0 atom stereocenters. The quantitative estimate of drug-likeness (QED) is 0.173. The average molecular weight is 687 g/mol. The van der Waals surface area contributed by atoms with E-state index in [1.165, 1.54) is 54.2 Å². The van der Waals surface area contributed by atoms with Crippen molar-refractivity contribution < 1.29 is 0 Å². The van der Waals surface area contributed by atoms with Gasteiger partial charge in [0.15, 0.2) is 17.5 Å². The normalized spacial score (nSPS) is 11.7. The molecule has 250 valence electrons. The zero-order valence-electron chi connectivity index (χ0n) is 29.1. The van der Waals surface area contributed by atoms with Crippen LogP contribution in [0.2, 0.25) is 0 Å². The first-order chi connectivity index (χ1) is 26.7. The second-order valence-electron chi connectivity index (χ2n) is 13.9. The zero-order valence-corrected chi connectivity index (χ0v) is 29.1. The lowest BCUT2D eigenvalue weighted by Crippen LogP contribution is -2.01. The van der Waals surface area contributed by atoms with Crippen molar-refractivity contribution in [2.75, 3.05) is 0 Å². The summed E-state index contributed by atoms with van der Waals surface area (Å²) in [7, 11) is 0. The van der Waals surface area contributed by atoms with Gasteiger partial charge in [0.25, 0.3) is 0 Å². The molecule has 0 aliphatic heterocycles. The fourth-order valence-electron chi connectivity index (χ4n) is 8.01. The van der Waals surface area contributed by atoms with Gasteiger partial charge in [0.05, 0.1) is 0 Å². The van der Waals surface area contributed by atoms with Gasteiger partial charge in [0, 0.05) is 22.7 Å². The summed E-state index contributed by atoms with van der Waals surface area (Å²) in [5.41, 5.74) is 4.93. The average Bonchev–Trinajstić information content (AvgIpc) is 3.26. The summed E-state index contributed by atoms with van der Waals surface area (Å²) in [6, 6.07) is 62.4. The number of rotatable bonds is 4. The highest BCUT2D eigenvalue weighted by Gasteiger charge is 2.15. The van der Waals surface area contributed by atoms with E-state index in [1.54, 1.807) is 0 Å². The molecule has 0 spiro atoms. The molecule has 0 aliphatic rings. The molecule has 54 heavy (non-hydrogen) atoms. The van der Waals surface area contributed by atoms with Crippen LogP contribution >= 0.6 is 0 Å². The number of aromatic nitrogens is 4. The van der Waals surface area contributed by atoms with E-state index in [9.17, 15) is 0 Å². The molecule has 0 aliphatic carbocycles. The molecule has 0 saturated heterocycles. The first kappa shape index (κ1) is 30.3. The van der Waals surface area contributed by atoms with Gasteiger partial charge >= 0.3 is 0 Å². The van der Waals surface area contributed by atoms with Gasteiger partial charge in [-0.2, -0.15) is 0 Å². The molecule has 11 rings (SSSR count). The first-order valence-electron chi connectivity index (χ1n) is 18.2. The molecular formula is C50H30N4. The molecule has 0 saturated carbocycles. The second-order valence-corrected chi connectivity index (χ2v) is 13.9. The van der Waals surface area contributed by atoms with Crippen LogP contribution in [0.3, 0.4) is 0 Å². The standard InChI is InChI=1S/C50H30N4/c1-2-11-32(12-3-1)48-52-49(54-50(53-48)47-29-45-38(30-51-47)23-18-31-10-4-5-13-39(31)45)37-22-21-33-26-34(19-20-35(33)27-37)36-24-25-44-42-16-7-6-14-40(42)41-15-8-9-17-43(41)46(44)28-36/h1-30H. The molecule has 0 bridgehead atoms. The first-order valence-corrected chi connectivity index (χ1v) is 18.2. The van der Waals surface area contributed by atoms with Gasteiger partial charge in [0.2, 0.25) is 0 Å². The largest absolute Gasteiger partial charge is 0.252 e. The predicted octanol–water partition coefficient (Wildman–Crippen LogP) is 12.9. The van der Waals surface area contributed by atoms with Crippen LogP contribution in [0.25, 0.3) is 110 Å². The number of pyridine rings is 1. The van der Waals surface area contributed by atoms with Crippen molar-refractivity contribution in [3.05, 3.63) is 182 Å². The summed E-state index contributed by atoms with van der Waals surface area (Å²) >= 11 is 0. The van der Waals surface area contributed by atoms with Crippen LogP contribution in [0.4, 0.5) is 0 Å². The van der Waals surface area contributed by atoms with E-state index in [-0.39, 0.29) is 0 Å². The van der Waals surface area contributed by atoms with Crippen LogP contribution in [-0.2, 0) is 0 Å². The Hall–Kier alpha value is -7.30. The molecule has 0 N–H and O–H groups in total. The van der Waals surface area contributed by atoms with Crippen LogP contribution in [0, 0.1) is 0 Å². The number of hydrogen-bond donors (Lipinski definition) is 0. The van der Waals surface area contributed by atoms with E-state index in [2.05, 4.69) is 146 Å². The van der Waals surface area contributed by atoms with Crippen LogP contribution < -0.4 is 0 Å². The molecule has 0 radical (unpaired) electrons. The van der Waals surface area contributed by atoms with Crippen molar-refractivity contribution in [2.45, 2.75) is 0 Å². The highest BCUT2D eigenvalue weighted by atomic mass is 15.0. The lowest BCUT2D eigenvalue weighted by Gasteiger charge is -2.12. The van der Waals surface area contributed by atoms with E-state index >= 15 is 0 Å². The topological polar surface area (TPSA) is 51.6 Å². The third-order valence-corrected chi connectivity index (χ3v) is 10.7. The fraction of sp³-hybridized carbons (Fsp3) is 0. The lowest BCUT2D eigenvalue weighted by atomic mass is 9.91. The summed E-state index contributed by atoms with van der Waals surface area (Å²) < 4.78 is 0. The summed E-state index contributed by atoms with van der Waals surface area (Å²) in [6.45, 7) is 0. The van der Waals surface area contributed by atoms with Crippen LogP contribution in [0.5, 0.6) is 0 Å². The third-order valence-electron chi connectivity index (χ3n) is 10.7. The number of nitrogens with zero attached hydrogens (tertiary/aromatic N) is 4. The Balaban J connectivity index is 1.02. The van der Waals surface area contributed by atoms with Gasteiger partial charge < -0.3 is 0 Å². The van der Waals surface area contributed by atoms with Gasteiger partial charge in [0.1, 0.15) is 5.69 Å². The maximum Gasteiger partial charge on any atom is 0.182 e. The van der Waals surface area contributed by atoms with Gasteiger partial charge in [-0.3, -0.25) is 4.98 Å². The lowest BCUT2D eigenvalue weighted by molar-refractivity contribution is 1.06. The van der Waals surface area contributed by atoms with E-state index in [0.29, 0.717) is 23.2 Å². The Labute approximate surface area is 311 Å². The van der Waals surface area contributed by atoms with Crippen molar-refractivity contribution >= 4 is 64.6 Å². The smallest absolute Gasteiger partial charge is 0.182 e. The minimum Gasteiger partial charge on any atom is -0.252 e. The summed E-state index contributed by atoms with van der Waals surface area (Å²) in [5, 5.41) is 14.5. The fourth-order valence-corrected chi connectivity index (χ4v) is 8.01. The Morgan fingerprint density at radius 3 is 1.50 bits per heavy atom. The molecule has 9 aromatic carbocycles. The van der Waals surface area contributed by atoms with Gasteiger partial charge in [-0.25, -0.2) is 15.0 Å². The Morgan fingerprint density at radius 2 is 0.759 bits per heavy atom. The Bertz CT molecular complexity index is 3240. The number of fused-ring (bicyclic) bond motifs is 10. The minimum atomic E-state index is 0.542. The molecule has 0 amide bonds. The molecule has 2 heterocycles. The molecule has 0 unspecified atom stereocenters. The van der Waals surface area contributed by atoms with Crippen LogP contribution in [-0.4, -0.2) is 19.9 Å². The van der Waals surface area contributed by atoms with E-state index in [4.69, 9.17) is 19.9 Å². The van der Waals surface area contributed by atoms with E-state index in [1.807, 2.05) is 36.5 Å². The maximum atomic E-state index is 5.05. The van der Waals surface area contributed by atoms with E-state index in [0.717, 1.165) is 32.7 Å². The van der Waals surface area contributed by atoms with Gasteiger partial charge in [-0.15, -0.1) is 0 Å². The summed E-state index contributed by atoms with van der Waals surface area (Å²) in [6.07, 6.45) is 1.91. The highest BCUT2D eigenvalue weighted by molar-refractivity contribution is 6.25. The summed E-state index contributed by atoms with van der Waals surface area (Å²) in [5.74, 6) is 1.77. The number of hydrogen-bond acceptors (Lipinski definition) is 4. The molecule has 4 nitrogen and oxygen atoms in total. The van der Waals surface area contributed by atoms with Gasteiger partial charge in [-0.1, -0.05) is 152 Å². The Kier molecular flexibility index (Phi) is 6.82. The van der Waals surface area contributed by atoms with Crippen molar-refractivity contribution in [1.29, 1.82) is 0 Å².